The van der Waals surface area contributed by atoms with Crippen LogP contribution in [0.5, 0.6) is 5.75 Å². The van der Waals surface area contributed by atoms with Crippen LogP contribution in [0.1, 0.15) is 16.7 Å². The maximum atomic E-state index is 12.5. The lowest BCUT2D eigenvalue weighted by Crippen LogP contribution is -2.13. The normalized spacial score (nSPS) is 11.0. The Labute approximate surface area is 213 Å². The Kier molecular flexibility index (Phi) is 8.35. The van der Waals surface area contributed by atoms with Gasteiger partial charge in [-0.25, -0.2) is 0 Å². The highest BCUT2D eigenvalue weighted by molar-refractivity contribution is 14.1. The van der Waals surface area contributed by atoms with Crippen molar-refractivity contribution >= 4 is 74.5 Å². The van der Waals surface area contributed by atoms with Crippen LogP contribution < -0.4 is 10.1 Å². The second-order valence-electron chi connectivity index (χ2n) is 6.72. The van der Waals surface area contributed by atoms with Crippen molar-refractivity contribution in [1.29, 1.82) is 5.26 Å². The molecule has 0 aliphatic carbocycles. The number of amides is 1. The number of anilines is 1. The number of hydrogen-bond donors (Lipinski definition) is 1. The Bertz CT molecular complexity index is 1140. The molecule has 0 atom stereocenters. The average Bonchev–Trinajstić information content (AvgIpc) is 2.74. The maximum Gasteiger partial charge on any atom is 0.266 e. The minimum absolute atomic E-state index is 0.0296. The molecule has 0 heterocycles. The van der Waals surface area contributed by atoms with Gasteiger partial charge in [0.05, 0.1) is 7.14 Å². The first-order valence-electron chi connectivity index (χ1n) is 9.22. The summed E-state index contributed by atoms with van der Waals surface area (Å²) in [4.78, 5) is 12.5. The number of halogens is 3. The highest BCUT2D eigenvalue weighted by Gasteiger charge is 2.13. The molecular formula is C24H17ClI2N2O2. The number of nitriles is 1. The standard InChI is InChI=1S/C24H17ClI2N2O2/c1-15-2-8-20(9-3-15)29-24(30)18(13-28)10-17-11-21(26)23(22(27)12-17)31-14-16-4-6-19(25)7-5-16/h2-12H,14H2,1H3,(H,29,30)/b18-10+. The summed E-state index contributed by atoms with van der Waals surface area (Å²) in [5.41, 5.74) is 3.54. The topological polar surface area (TPSA) is 62.1 Å². The van der Waals surface area contributed by atoms with Gasteiger partial charge in [0.25, 0.3) is 5.91 Å². The first kappa shape index (κ1) is 23.6. The molecular weight excluding hydrogens is 638 g/mol. The van der Waals surface area contributed by atoms with Crippen molar-refractivity contribution in [2.75, 3.05) is 5.32 Å². The number of hydrogen-bond acceptors (Lipinski definition) is 3. The molecule has 0 unspecified atom stereocenters. The Balaban J connectivity index is 1.76. The molecule has 0 aliphatic rings. The van der Waals surface area contributed by atoms with Gasteiger partial charge in [-0.3, -0.25) is 4.79 Å². The zero-order valence-corrected chi connectivity index (χ0v) is 21.5. The molecule has 0 fully saturated rings. The number of aryl methyl sites for hydroxylation is 1. The van der Waals surface area contributed by atoms with Crippen LogP contribution in [-0.2, 0) is 11.4 Å². The number of nitrogens with zero attached hydrogens (tertiary/aromatic N) is 1. The van der Waals surface area contributed by atoms with E-state index in [1.54, 1.807) is 18.2 Å². The van der Waals surface area contributed by atoms with E-state index >= 15 is 0 Å². The predicted molar refractivity (Wildman–Crippen MR) is 141 cm³/mol. The minimum atomic E-state index is -0.445. The summed E-state index contributed by atoms with van der Waals surface area (Å²) in [5.74, 6) is 0.315. The van der Waals surface area contributed by atoms with Crippen molar-refractivity contribution in [1.82, 2.24) is 0 Å². The van der Waals surface area contributed by atoms with E-state index in [0.717, 1.165) is 29.6 Å². The van der Waals surface area contributed by atoms with Gasteiger partial charge in [0.15, 0.2) is 0 Å². The van der Waals surface area contributed by atoms with Crippen molar-refractivity contribution < 1.29 is 9.53 Å². The summed E-state index contributed by atoms with van der Waals surface area (Å²) < 4.78 is 7.77. The third kappa shape index (κ3) is 6.69. The Morgan fingerprint density at radius 2 is 1.71 bits per heavy atom. The van der Waals surface area contributed by atoms with Crippen LogP contribution in [0.25, 0.3) is 6.08 Å². The maximum absolute atomic E-state index is 12.5. The van der Waals surface area contributed by atoms with Gasteiger partial charge < -0.3 is 10.1 Å². The summed E-state index contributed by atoms with van der Waals surface area (Å²) in [6.07, 6.45) is 1.58. The fraction of sp³-hybridized carbons (Fsp3) is 0.0833. The molecule has 0 saturated carbocycles. The SMILES string of the molecule is Cc1ccc(NC(=O)/C(C#N)=C/c2cc(I)c(OCc3ccc(Cl)cc3)c(I)c2)cc1. The van der Waals surface area contributed by atoms with Crippen LogP contribution in [0.3, 0.4) is 0 Å². The van der Waals surface area contributed by atoms with E-state index in [-0.39, 0.29) is 5.57 Å². The van der Waals surface area contributed by atoms with Gasteiger partial charge in [-0.2, -0.15) is 5.26 Å². The smallest absolute Gasteiger partial charge is 0.266 e. The number of ether oxygens (including phenoxy) is 1. The van der Waals surface area contributed by atoms with Crippen LogP contribution in [0.4, 0.5) is 5.69 Å². The molecule has 3 aromatic carbocycles. The van der Waals surface area contributed by atoms with Crippen LogP contribution >= 0.6 is 56.8 Å². The lowest BCUT2D eigenvalue weighted by Gasteiger charge is -2.12. The minimum Gasteiger partial charge on any atom is -0.487 e. The van der Waals surface area contributed by atoms with Crippen LogP contribution in [-0.4, -0.2) is 5.91 Å². The number of rotatable bonds is 6. The van der Waals surface area contributed by atoms with Gasteiger partial charge in [-0.05, 0) is 106 Å². The fourth-order valence-corrected chi connectivity index (χ4v) is 4.94. The number of benzene rings is 3. The van der Waals surface area contributed by atoms with E-state index in [0.29, 0.717) is 17.3 Å². The summed E-state index contributed by atoms with van der Waals surface area (Å²) in [6, 6.07) is 20.7. The number of nitrogens with one attached hydrogen (secondary N) is 1. The Morgan fingerprint density at radius 1 is 1.10 bits per heavy atom. The molecule has 0 aromatic heterocycles. The first-order chi connectivity index (χ1) is 14.9. The van der Waals surface area contributed by atoms with Gasteiger partial charge in [-0.15, -0.1) is 0 Å². The lowest BCUT2D eigenvalue weighted by molar-refractivity contribution is -0.112. The van der Waals surface area contributed by atoms with E-state index < -0.39 is 5.91 Å². The van der Waals surface area contributed by atoms with Crippen molar-refractivity contribution in [3.05, 3.63) is 95.1 Å². The quantitative estimate of drug-likeness (QED) is 0.177. The fourth-order valence-electron chi connectivity index (χ4n) is 2.69. The second kappa shape index (κ2) is 11.0. The van der Waals surface area contributed by atoms with Gasteiger partial charge in [0.2, 0.25) is 0 Å². The van der Waals surface area contributed by atoms with Gasteiger partial charge in [-0.1, -0.05) is 41.4 Å². The third-order valence-electron chi connectivity index (χ3n) is 4.30. The molecule has 7 heteroatoms. The largest absolute Gasteiger partial charge is 0.487 e. The molecule has 1 N–H and O–H groups in total. The number of carbonyl (C=O) groups excluding carboxylic acids is 1. The van der Waals surface area contributed by atoms with E-state index in [1.165, 1.54) is 0 Å². The summed E-state index contributed by atoms with van der Waals surface area (Å²) in [5, 5.41) is 12.9. The molecule has 0 aliphatic heterocycles. The summed E-state index contributed by atoms with van der Waals surface area (Å²) in [6.45, 7) is 2.39. The lowest BCUT2D eigenvalue weighted by atomic mass is 10.1. The highest BCUT2D eigenvalue weighted by Crippen LogP contribution is 2.30. The van der Waals surface area contributed by atoms with E-state index in [9.17, 15) is 10.1 Å². The van der Waals surface area contributed by atoms with E-state index in [1.807, 2.05) is 61.5 Å². The molecule has 0 saturated heterocycles. The van der Waals surface area contributed by atoms with Gasteiger partial charge in [0.1, 0.15) is 24.0 Å². The second-order valence-corrected chi connectivity index (χ2v) is 9.48. The first-order valence-corrected chi connectivity index (χ1v) is 11.8. The molecule has 0 bridgehead atoms. The molecule has 0 spiro atoms. The molecule has 3 rings (SSSR count). The highest BCUT2D eigenvalue weighted by atomic mass is 127. The molecule has 1 amide bonds. The van der Waals surface area contributed by atoms with Crippen LogP contribution in [0.2, 0.25) is 5.02 Å². The molecule has 156 valence electrons. The third-order valence-corrected chi connectivity index (χ3v) is 6.16. The zero-order valence-electron chi connectivity index (χ0n) is 16.5. The van der Waals surface area contributed by atoms with Crippen LogP contribution in [0, 0.1) is 25.4 Å². The summed E-state index contributed by atoms with van der Waals surface area (Å²) in [7, 11) is 0. The van der Waals surface area contributed by atoms with E-state index in [2.05, 4.69) is 50.5 Å². The van der Waals surface area contributed by atoms with Gasteiger partial charge in [0, 0.05) is 10.7 Å². The molecule has 3 aromatic rings. The number of carbonyl (C=O) groups is 1. The van der Waals surface area contributed by atoms with Crippen molar-refractivity contribution in [3.8, 4) is 11.8 Å². The predicted octanol–water partition coefficient (Wildman–Crippen LogP) is 6.98. The Hall–Kier alpha value is -2.09. The molecule has 4 nitrogen and oxygen atoms in total. The summed E-state index contributed by atoms with van der Waals surface area (Å²) >= 11 is 10.3. The zero-order chi connectivity index (χ0) is 22.4. The van der Waals surface area contributed by atoms with E-state index in [4.69, 9.17) is 16.3 Å². The average molecular weight is 655 g/mol. The molecule has 0 radical (unpaired) electrons. The monoisotopic (exact) mass is 654 g/mol. The molecule has 31 heavy (non-hydrogen) atoms. The van der Waals surface area contributed by atoms with Crippen molar-refractivity contribution in [2.24, 2.45) is 0 Å². The van der Waals surface area contributed by atoms with Crippen molar-refractivity contribution in [3.63, 3.8) is 0 Å². The van der Waals surface area contributed by atoms with Gasteiger partial charge >= 0.3 is 0 Å². The Morgan fingerprint density at radius 3 is 2.29 bits per heavy atom. The van der Waals surface area contributed by atoms with Crippen molar-refractivity contribution in [2.45, 2.75) is 13.5 Å². The van der Waals surface area contributed by atoms with Crippen LogP contribution in [0.15, 0.2) is 66.2 Å².